The number of carboxylic acid groups (broad SMARTS) is 3. The number of aromatic nitrogens is 14. The smallest absolute Gasteiger partial charge is 0.478 e. The molecule has 5 aromatic carbocycles. The summed E-state index contributed by atoms with van der Waals surface area (Å²) in [7, 11) is 0. The minimum atomic E-state index is -3.22. The van der Waals surface area contributed by atoms with E-state index in [1.54, 1.807) is 101 Å². The van der Waals surface area contributed by atoms with E-state index in [9.17, 15) is 33.3 Å². The Balaban J connectivity index is 0.000000197. The first-order valence-corrected chi connectivity index (χ1v) is 35.8. The number of aromatic carboxylic acids is 3. The van der Waals surface area contributed by atoms with Gasteiger partial charge in [0, 0.05) is 83.8 Å². The van der Waals surface area contributed by atoms with Gasteiger partial charge < -0.3 is 45.6 Å². The molecule has 3 fully saturated rings. The van der Waals surface area contributed by atoms with E-state index in [0.29, 0.717) is 78.3 Å². The van der Waals surface area contributed by atoms with Crippen LogP contribution in [0.3, 0.4) is 0 Å². The number of hydrogen-bond acceptors (Lipinski definition) is 24. The number of nitrogens with one attached hydrogen (secondary N) is 3. The molecule has 2 unspecified atom stereocenters. The fourth-order valence-electron chi connectivity index (χ4n) is 10.3. The van der Waals surface area contributed by atoms with Crippen molar-refractivity contribution in [1.29, 1.82) is 0 Å². The Morgan fingerprint density at radius 1 is 0.561 bits per heavy atom. The number of carboxylic acids is 3. The molecule has 0 bridgehead atoms. The monoisotopic (exact) mass is 1570 g/mol. The summed E-state index contributed by atoms with van der Waals surface area (Å²) in [5.74, 6) is 0.871. The van der Waals surface area contributed by atoms with Crippen LogP contribution in [0, 0.1) is 0 Å². The second-order valence-corrected chi connectivity index (χ2v) is 28.6. The second-order valence-electron chi connectivity index (χ2n) is 21.6. The standard InChI is InChI=1S/C15H15N5O3.C10H6ClNO2.C10H7N5O2.C10H6N4O2.C10H7NO3.C5H11NO2.C4H8O.CH4.Cl3OP.N3.Na/c21-15(17-23-14-7-3-4-8-22-14)11-9-13-16-18-19-20(13)12-6-2-1-5-10(11)12;11-9-5-7(10(13)14)6-3-1-2-4-8(6)12-9;16-10(12-17)7-5-9-11-13-14-15(9)8-4-2-1-3-6(7)8;15-10(16)7-5-9-11-12-13-14(9)8-4-2-1-3-6(7)8;12-9-5-7(10(13)14)6-3-1-2-4-8(6)11-9;6-8-5-3-1-2-4-7-5;1-2-4-5-3-1;;1-5(2,3)4;1-3-2;/h1-2,5-6,9,14H,3-4,7-8H2,(H,17,21);1-5H,(H,13,14);1-5,17H,(H,12,16);1-5H,(H,15,16);1-5H,(H,11,12)(H,13,14);5H,1-4,6H2;1-4H2;1H4;;;/q;;;;;;;;;-1;+1. The molecule has 9 N–H and O–H groups in total. The Labute approximate surface area is 645 Å². The van der Waals surface area contributed by atoms with E-state index in [2.05, 4.69) is 101 Å². The number of tetrazole rings is 3. The average molecular weight is 1580 g/mol. The number of carbonyl (C=O) groups excluding carboxylic acids is 2. The van der Waals surface area contributed by atoms with Gasteiger partial charge in [0.05, 0.1) is 49.9 Å². The van der Waals surface area contributed by atoms with Crippen molar-refractivity contribution in [3.63, 3.8) is 0 Å². The quantitative estimate of drug-likeness (QED) is 0.0103. The van der Waals surface area contributed by atoms with Crippen molar-refractivity contribution in [2.75, 3.05) is 26.4 Å². The number of rotatable bonds is 8. The number of nitrogens with zero attached hydrogens (tertiary/aromatic N) is 16. The summed E-state index contributed by atoms with van der Waals surface area (Å²) < 4.78 is 29.6. The van der Waals surface area contributed by atoms with E-state index < -0.39 is 40.9 Å². The van der Waals surface area contributed by atoms with E-state index in [4.69, 9.17) is 68.1 Å². The van der Waals surface area contributed by atoms with Crippen LogP contribution in [0.4, 0.5) is 0 Å². The largest absolute Gasteiger partial charge is 1.00 e. The Kier molecular flexibility index (Phi) is 34.4. The zero-order valence-electron chi connectivity index (χ0n) is 55.5. The second kappa shape index (κ2) is 42.9. The first kappa shape index (κ1) is 85.8. The predicted octanol–water partition coefficient (Wildman–Crippen LogP) is 9.17. The van der Waals surface area contributed by atoms with Crippen LogP contribution in [0.2, 0.25) is 5.15 Å². The summed E-state index contributed by atoms with van der Waals surface area (Å²) in [6, 6.07) is 42.6. The van der Waals surface area contributed by atoms with Crippen LogP contribution in [-0.2, 0) is 28.5 Å². The third kappa shape index (κ3) is 24.7. The number of nitrogens with two attached hydrogens (primary N) is 1. The van der Waals surface area contributed by atoms with Crippen LogP contribution in [0.25, 0.3) is 87.4 Å². The van der Waals surface area contributed by atoms with Crippen molar-refractivity contribution >= 4 is 152 Å². The van der Waals surface area contributed by atoms with Crippen LogP contribution in [0.1, 0.15) is 111 Å². The number of hydrogen-bond donors (Lipinski definition) is 8. The van der Waals surface area contributed by atoms with Gasteiger partial charge >= 0.3 is 52.7 Å². The molecule has 42 heteroatoms. The van der Waals surface area contributed by atoms with E-state index in [1.165, 1.54) is 51.4 Å². The molecule has 3 aliphatic rings. The summed E-state index contributed by atoms with van der Waals surface area (Å²) in [6.45, 7) is 3.45. The molecule has 2 amide bonds. The normalized spacial score (nSPS) is 14.0. The number of benzene rings is 5. The maximum Gasteiger partial charge on any atom is 1.00 e. The van der Waals surface area contributed by atoms with Gasteiger partial charge in [-0.1, -0.05) is 110 Å². The Morgan fingerprint density at radius 3 is 1.36 bits per heavy atom. The molecule has 0 aliphatic carbocycles. The molecular formula is C65H64Cl4N20NaO16P. The molecule has 0 radical (unpaired) electrons. The number of ether oxygens (including phenoxy) is 3. The number of carbonyl (C=O) groups is 5. The number of pyridine rings is 5. The zero-order chi connectivity index (χ0) is 75.4. The van der Waals surface area contributed by atoms with Crippen molar-refractivity contribution in [2.45, 2.75) is 71.4 Å². The number of H-pyrrole nitrogens is 1. The molecule has 3 aliphatic heterocycles. The minimum absolute atomic E-state index is 0. The van der Waals surface area contributed by atoms with E-state index in [-0.39, 0.29) is 71.0 Å². The number of para-hydroxylation sites is 5. The van der Waals surface area contributed by atoms with Gasteiger partial charge in [-0.25, -0.2) is 41.1 Å². The number of hydroxylamine groups is 2. The Bertz CT molecular complexity index is 5310. The van der Waals surface area contributed by atoms with Gasteiger partial charge in [0.25, 0.3) is 11.8 Å². The molecule has 0 saturated carbocycles. The Hall–Kier alpha value is -10.1. The van der Waals surface area contributed by atoms with Crippen molar-refractivity contribution in [2.24, 2.45) is 5.90 Å². The number of fused-ring (bicyclic) bond motifs is 11. The van der Waals surface area contributed by atoms with Crippen molar-refractivity contribution < 1.29 is 103 Å². The van der Waals surface area contributed by atoms with Gasteiger partial charge in [0.1, 0.15) is 5.15 Å². The van der Waals surface area contributed by atoms with Gasteiger partial charge in [-0.2, -0.15) is 13.5 Å². The summed E-state index contributed by atoms with van der Waals surface area (Å²) >= 11 is 19.5. The van der Waals surface area contributed by atoms with E-state index in [0.717, 1.165) is 68.9 Å². The maximum absolute atomic E-state index is 12.5. The molecule has 3 saturated heterocycles. The summed E-state index contributed by atoms with van der Waals surface area (Å²) in [5.41, 5.74) is 23.0. The fraction of sp³-hybridized carbons (Fsp3) is 0.231. The molecule has 554 valence electrons. The number of aromatic amines is 1. The molecular weight excluding hydrogens is 1510 g/mol. The molecule has 36 nitrogen and oxygen atoms in total. The van der Waals surface area contributed by atoms with Crippen LogP contribution in [0.15, 0.2) is 156 Å². The van der Waals surface area contributed by atoms with E-state index in [1.807, 2.05) is 36.4 Å². The average Bonchev–Trinajstić information content (AvgIpc) is 1.76. The van der Waals surface area contributed by atoms with Gasteiger partial charge in [-0.3, -0.25) is 33.9 Å². The van der Waals surface area contributed by atoms with Crippen LogP contribution in [-0.4, -0.2) is 159 Å². The first-order valence-electron chi connectivity index (χ1n) is 31.0. The first-order chi connectivity index (χ1) is 50.6. The van der Waals surface area contributed by atoms with Crippen LogP contribution < -0.4 is 52.0 Å². The minimum Gasteiger partial charge on any atom is -0.478 e. The third-order valence-corrected chi connectivity index (χ3v) is 15.0. The van der Waals surface area contributed by atoms with E-state index >= 15 is 0 Å². The zero-order valence-corrected chi connectivity index (χ0v) is 61.4. The molecule has 8 aromatic heterocycles. The maximum atomic E-state index is 12.5. The van der Waals surface area contributed by atoms with Gasteiger partial charge in [-0.15, -0.1) is 15.3 Å². The van der Waals surface area contributed by atoms with Crippen molar-refractivity contribution in [1.82, 2.24) is 81.1 Å². The third-order valence-electron chi connectivity index (χ3n) is 14.8. The molecule has 11 heterocycles. The fourth-order valence-corrected chi connectivity index (χ4v) is 10.5. The predicted molar refractivity (Wildman–Crippen MR) is 389 cm³/mol. The molecule has 13 aromatic rings. The molecule has 16 rings (SSSR count). The topological polar surface area (TPSA) is 513 Å². The Morgan fingerprint density at radius 2 is 0.944 bits per heavy atom. The van der Waals surface area contributed by atoms with Crippen LogP contribution >= 0.6 is 50.5 Å². The summed E-state index contributed by atoms with van der Waals surface area (Å²) in [4.78, 5) is 85.9. The molecule has 0 spiro atoms. The van der Waals surface area contributed by atoms with Gasteiger partial charge in [0.15, 0.2) is 29.5 Å². The number of halogens is 4. The summed E-state index contributed by atoms with van der Waals surface area (Å²) in [6.07, 6.45) is 8.10. The van der Waals surface area contributed by atoms with Crippen LogP contribution in [0.5, 0.6) is 0 Å². The van der Waals surface area contributed by atoms with Crippen molar-refractivity contribution in [3.05, 3.63) is 211 Å². The van der Waals surface area contributed by atoms with Gasteiger partial charge in [0.2, 0.25) is 5.56 Å². The van der Waals surface area contributed by atoms with Crippen molar-refractivity contribution in [3.8, 4) is 0 Å². The molecule has 107 heavy (non-hydrogen) atoms. The SMILES string of the molecule is C.C1CCOC1.NOC1CCCCO1.O=C(NO)c1cc2nnnn2c2ccccc12.O=C(NOC1CCCCO1)c1cc2nnnn2c2ccccc12.O=C(O)c1cc(=O)[nH]c2ccccc12.O=C(O)c1cc(Cl)nc2ccccc12.O=C(O)c1cc2nnnn2c2ccccc12.O=P(Cl)(Cl)Cl.[N-]=[N+]=[N-].[Na+]. The number of amides is 2. The summed E-state index contributed by atoms with van der Waals surface area (Å²) in [5, 5.41) is 69.5. The molecule has 2 atom stereocenters. The van der Waals surface area contributed by atoms with Gasteiger partial charge in [-0.05, 0) is 152 Å².